The van der Waals surface area contributed by atoms with Crippen LogP contribution in [0.3, 0.4) is 0 Å². The van der Waals surface area contributed by atoms with Crippen LogP contribution in [0.5, 0.6) is 0 Å². The number of ether oxygens (including phenoxy) is 2. The molecule has 2 aromatic rings. The molecule has 2 saturated heterocycles. The topological polar surface area (TPSA) is 267 Å². The Labute approximate surface area is 233 Å². The minimum atomic E-state index is -4.98. The summed E-state index contributed by atoms with van der Waals surface area (Å²) in [6.07, 6.45) is -5.10. The fourth-order valence-corrected chi connectivity index (χ4v) is 6.57. The molecule has 1 unspecified atom stereocenters. The molecule has 41 heavy (non-hydrogen) atoms. The summed E-state index contributed by atoms with van der Waals surface area (Å²) >= 11 is 0.824. The van der Waals surface area contributed by atoms with Crippen LogP contribution in [0, 0.1) is 6.92 Å². The molecule has 226 valence electrons. The molecule has 2 aliphatic rings. The minimum absolute atomic E-state index is 0.0967. The number of carbonyl (C=O) groups excluding carboxylic acids is 1. The number of rotatable bonds is 11. The Balaban J connectivity index is 1.48. The van der Waals surface area contributed by atoms with E-state index < -0.39 is 91.6 Å². The largest absolute Gasteiger partial charge is 0.472 e. The maximum Gasteiger partial charge on any atom is 0.472 e. The van der Waals surface area contributed by atoms with Crippen LogP contribution in [0.25, 0.3) is 0 Å². The number of aromatic amines is 2. The number of thioether (sulfide) groups is 1. The molecule has 2 aliphatic heterocycles. The van der Waals surface area contributed by atoms with Crippen molar-refractivity contribution in [2.45, 2.75) is 55.5 Å². The summed E-state index contributed by atoms with van der Waals surface area (Å²) < 4.78 is 36.7. The highest BCUT2D eigenvalue weighted by atomic mass is 32.2. The van der Waals surface area contributed by atoms with Gasteiger partial charge in [-0.15, -0.1) is 11.8 Å². The molecule has 7 N–H and O–H groups in total. The van der Waals surface area contributed by atoms with Gasteiger partial charge in [-0.25, -0.2) is 14.2 Å². The van der Waals surface area contributed by atoms with E-state index in [0.717, 1.165) is 33.2 Å². The number of amides is 1. The van der Waals surface area contributed by atoms with Gasteiger partial charge in [-0.1, -0.05) is 0 Å². The van der Waals surface area contributed by atoms with E-state index in [1.807, 2.05) is 4.98 Å². The number of phosphoric ester groups is 1. The first-order chi connectivity index (χ1) is 19.3. The number of primary amides is 1. The summed E-state index contributed by atoms with van der Waals surface area (Å²) in [7, 11) is -4.98. The molecule has 0 radical (unpaired) electrons. The summed E-state index contributed by atoms with van der Waals surface area (Å²) in [5.41, 5.74) is 2.53. The lowest BCUT2D eigenvalue weighted by Gasteiger charge is -2.26. The van der Waals surface area contributed by atoms with E-state index in [4.69, 9.17) is 24.3 Å². The van der Waals surface area contributed by atoms with E-state index in [1.54, 1.807) is 0 Å². The molecular formula is C21H28N5O13PS. The summed E-state index contributed by atoms with van der Waals surface area (Å²) in [6, 6.07) is 1.03. The second kappa shape index (κ2) is 12.6. The van der Waals surface area contributed by atoms with Gasteiger partial charge in [-0.3, -0.25) is 42.5 Å². The number of carbonyl (C=O) groups is 1. The second-order valence-electron chi connectivity index (χ2n) is 9.25. The Morgan fingerprint density at radius 1 is 1.20 bits per heavy atom. The molecule has 2 fully saturated rings. The lowest BCUT2D eigenvalue weighted by atomic mass is 10.2. The Morgan fingerprint density at radius 2 is 1.90 bits per heavy atom. The third-order valence-corrected chi connectivity index (χ3v) is 8.65. The van der Waals surface area contributed by atoms with Crippen molar-refractivity contribution in [3.8, 4) is 0 Å². The van der Waals surface area contributed by atoms with Gasteiger partial charge >= 0.3 is 19.2 Å². The van der Waals surface area contributed by atoms with Gasteiger partial charge in [0.05, 0.1) is 30.3 Å². The molecule has 1 amide bonds. The molecule has 4 heterocycles. The number of nitrogens with one attached hydrogen (secondary N) is 2. The summed E-state index contributed by atoms with van der Waals surface area (Å²) in [6.45, 7) is 0.0771. The van der Waals surface area contributed by atoms with Gasteiger partial charge < -0.3 is 30.3 Å². The van der Waals surface area contributed by atoms with E-state index >= 15 is 0 Å². The lowest BCUT2D eigenvalue weighted by molar-refractivity contribution is -0.115. The summed E-state index contributed by atoms with van der Waals surface area (Å²) in [5.74, 6) is -1.07. The quantitative estimate of drug-likeness (QED) is 0.137. The number of hydrogen-bond acceptors (Lipinski definition) is 13. The third kappa shape index (κ3) is 7.14. The van der Waals surface area contributed by atoms with Crippen LogP contribution < -0.4 is 28.2 Å². The van der Waals surface area contributed by atoms with Crippen LogP contribution in [0.15, 0.2) is 37.6 Å². The number of H-pyrrole nitrogens is 2. The van der Waals surface area contributed by atoms with Crippen molar-refractivity contribution in [1.29, 1.82) is 0 Å². The fourth-order valence-electron chi connectivity index (χ4n) is 4.38. The van der Waals surface area contributed by atoms with Crippen molar-refractivity contribution < 1.29 is 43.0 Å². The average Bonchev–Trinajstić information content (AvgIpc) is 3.42. The van der Waals surface area contributed by atoms with Crippen molar-refractivity contribution in [1.82, 2.24) is 19.1 Å². The fraction of sp³-hybridized carbons (Fsp3) is 0.571. The number of aliphatic hydroxyl groups excluding tert-OH is 2. The number of aliphatic hydroxyl groups is 2. The van der Waals surface area contributed by atoms with Crippen LogP contribution in [0.4, 0.5) is 0 Å². The van der Waals surface area contributed by atoms with E-state index in [9.17, 15) is 43.6 Å². The monoisotopic (exact) mass is 621 g/mol. The number of nitrogens with zero attached hydrogens (tertiary/aromatic N) is 2. The van der Waals surface area contributed by atoms with Crippen molar-refractivity contribution in [2.24, 2.45) is 5.73 Å². The molecular weight excluding hydrogens is 593 g/mol. The SMILES string of the molecule is Cc1cn([C@H]2C[C@H](O)[C@@H](COP(=O)(O)O[C@H]3[C@@H](SCC(N)=O)[C@H](n4ccc(=O)[nH]c4=O)O[C@@H]3CO)O2)c(=O)[nH]c1=O. The third-order valence-electron chi connectivity index (χ3n) is 6.33. The van der Waals surface area contributed by atoms with Gasteiger partial charge in [0.1, 0.15) is 24.5 Å². The van der Waals surface area contributed by atoms with E-state index in [-0.39, 0.29) is 17.7 Å². The van der Waals surface area contributed by atoms with E-state index in [1.165, 1.54) is 13.1 Å². The van der Waals surface area contributed by atoms with Crippen LogP contribution in [0.2, 0.25) is 0 Å². The normalized spacial score (nSPS) is 29.4. The molecule has 20 heteroatoms. The molecule has 18 nitrogen and oxygen atoms in total. The number of hydrogen-bond donors (Lipinski definition) is 6. The van der Waals surface area contributed by atoms with Gasteiger partial charge in [0, 0.05) is 30.4 Å². The maximum absolute atomic E-state index is 12.9. The number of phosphoric acid groups is 1. The predicted octanol–water partition coefficient (Wildman–Crippen LogP) is -2.98. The first-order valence-electron chi connectivity index (χ1n) is 12.1. The first kappa shape index (κ1) is 31.1. The van der Waals surface area contributed by atoms with Crippen molar-refractivity contribution in [2.75, 3.05) is 19.0 Å². The molecule has 4 rings (SSSR count). The zero-order valence-electron chi connectivity index (χ0n) is 21.4. The predicted molar refractivity (Wildman–Crippen MR) is 139 cm³/mol. The molecule has 0 spiro atoms. The summed E-state index contributed by atoms with van der Waals surface area (Å²) in [5, 5.41) is 19.2. The Morgan fingerprint density at radius 3 is 2.56 bits per heavy atom. The van der Waals surface area contributed by atoms with Crippen LogP contribution in [-0.4, -0.2) is 88.7 Å². The van der Waals surface area contributed by atoms with Gasteiger partial charge in [-0.05, 0) is 6.92 Å². The van der Waals surface area contributed by atoms with Crippen LogP contribution in [0.1, 0.15) is 24.4 Å². The Hall–Kier alpha value is -2.87. The average molecular weight is 622 g/mol. The molecule has 0 aliphatic carbocycles. The zero-order valence-corrected chi connectivity index (χ0v) is 23.1. The highest BCUT2D eigenvalue weighted by molar-refractivity contribution is 8.00. The number of aromatic nitrogens is 4. The van der Waals surface area contributed by atoms with Crippen molar-refractivity contribution >= 4 is 25.5 Å². The Bertz CT molecular complexity index is 1560. The van der Waals surface area contributed by atoms with E-state index in [2.05, 4.69) is 4.98 Å². The van der Waals surface area contributed by atoms with Gasteiger partial charge in [0.15, 0.2) is 6.23 Å². The van der Waals surface area contributed by atoms with Crippen LogP contribution in [-0.2, 0) is 27.9 Å². The first-order valence-corrected chi connectivity index (χ1v) is 14.6. The standard InChI is InChI=1S/C21H28N5O13PS/c1-9-5-26(21(33)24-18(9)31)15-4-10(28)12(37-15)7-36-40(34,35)39-16-11(6-27)38-19(17(16)41-8-13(22)29)25-3-2-14(30)23-20(25)32/h2-3,5,10-12,15-17,19,27-28H,4,6-8H2,1H3,(H2,22,29)(H,34,35)(H,23,30,32)(H,24,31,33)/t10-,11+,12+,15+,16+,17+,19+/m0/s1. The highest BCUT2D eigenvalue weighted by Gasteiger charge is 2.50. The Kier molecular flexibility index (Phi) is 9.52. The maximum atomic E-state index is 12.9. The molecule has 0 bridgehead atoms. The highest BCUT2D eigenvalue weighted by Crippen LogP contribution is 2.51. The van der Waals surface area contributed by atoms with Crippen molar-refractivity contribution in [3.05, 3.63) is 65.7 Å². The van der Waals surface area contributed by atoms with Gasteiger partial charge in [0.25, 0.3) is 11.1 Å². The second-order valence-corrected chi connectivity index (χ2v) is 11.8. The smallest absolute Gasteiger partial charge is 0.394 e. The number of nitrogens with two attached hydrogens (primary N) is 1. The van der Waals surface area contributed by atoms with Gasteiger partial charge in [-0.2, -0.15) is 0 Å². The van der Waals surface area contributed by atoms with E-state index in [0.29, 0.717) is 0 Å². The van der Waals surface area contributed by atoms with Gasteiger partial charge in [0.2, 0.25) is 5.91 Å². The lowest BCUT2D eigenvalue weighted by Crippen LogP contribution is -2.38. The summed E-state index contributed by atoms with van der Waals surface area (Å²) in [4.78, 5) is 73.8. The molecule has 0 aromatic carbocycles. The minimum Gasteiger partial charge on any atom is -0.394 e. The molecule has 2 aromatic heterocycles. The zero-order chi connectivity index (χ0) is 30.1. The van der Waals surface area contributed by atoms with Crippen LogP contribution >= 0.6 is 19.6 Å². The molecule has 8 atom stereocenters. The number of aryl methyl sites for hydroxylation is 1. The van der Waals surface area contributed by atoms with Crippen molar-refractivity contribution in [3.63, 3.8) is 0 Å². The molecule has 0 saturated carbocycles.